The Morgan fingerprint density at radius 2 is 1.73 bits per heavy atom. The van der Waals surface area contributed by atoms with E-state index in [0.717, 1.165) is 37.9 Å². The van der Waals surface area contributed by atoms with E-state index in [9.17, 15) is 14.4 Å². The van der Waals surface area contributed by atoms with Gasteiger partial charge in [0.25, 0.3) is 5.91 Å². The smallest absolute Gasteiger partial charge is 0.329 e. The van der Waals surface area contributed by atoms with E-state index < -0.39 is 12.0 Å². The lowest BCUT2D eigenvalue weighted by atomic mass is 10.0. The maximum Gasteiger partial charge on any atom is 0.329 e. The highest BCUT2D eigenvalue weighted by molar-refractivity contribution is 5.87. The number of rotatable bonds is 7. The normalized spacial score (nSPS) is 15.4. The molecule has 2 amide bonds. The molecule has 1 aliphatic rings. The minimum Gasteiger partial charge on any atom is -0.454 e. The summed E-state index contributed by atoms with van der Waals surface area (Å²) in [4.78, 5) is 38.4. The molecular formula is C20H28N2O4. The van der Waals surface area contributed by atoms with Crippen LogP contribution in [0.1, 0.15) is 38.7 Å². The van der Waals surface area contributed by atoms with Gasteiger partial charge in [-0.15, -0.1) is 0 Å². The first-order valence-corrected chi connectivity index (χ1v) is 9.25. The van der Waals surface area contributed by atoms with Crippen molar-refractivity contribution in [2.24, 2.45) is 5.92 Å². The topological polar surface area (TPSA) is 75.7 Å². The second-order valence-electron chi connectivity index (χ2n) is 7.00. The highest BCUT2D eigenvalue weighted by Gasteiger charge is 2.27. The van der Waals surface area contributed by atoms with Crippen LogP contribution in [0.4, 0.5) is 0 Å². The van der Waals surface area contributed by atoms with Crippen LogP contribution >= 0.6 is 0 Å². The Labute approximate surface area is 154 Å². The highest BCUT2D eigenvalue weighted by Crippen LogP contribution is 2.10. The van der Waals surface area contributed by atoms with E-state index in [2.05, 4.69) is 5.32 Å². The van der Waals surface area contributed by atoms with Crippen molar-refractivity contribution < 1.29 is 19.1 Å². The molecule has 1 N–H and O–H groups in total. The SMILES string of the molecule is CC(C)[C@H](NC(=O)Cc1ccccc1)C(=O)OCC(=O)N1CCCCC1. The number of nitrogens with one attached hydrogen (secondary N) is 1. The summed E-state index contributed by atoms with van der Waals surface area (Å²) in [6.07, 6.45) is 3.31. The standard InChI is InChI=1S/C20H28N2O4/c1-15(2)19(21-17(23)13-16-9-5-3-6-10-16)20(25)26-14-18(24)22-11-7-4-8-12-22/h3,5-6,9-10,15,19H,4,7-8,11-14H2,1-2H3,(H,21,23)/t19-/m0/s1. The molecule has 0 spiro atoms. The molecule has 1 heterocycles. The van der Waals surface area contributed by atoms with Crippen LogP contribution in [0.25, 0.3) is 0 Å². The molecule has 142 valence electrons. The second kappa shape index (κ2) is 9.94. The van der Waals surface area contributed by atoms with Gasteiger partial charge in [-0.3, -0.25) is 9.59 Å². The van der Waals surface area contributed by atoms with Gasteiger partial charge < -0.3 is 15.0 Å². The molecule has 0 radical (unpaired) electrons. The van der Waals surface area contributed by atoms with Gasteiger partial charge in [0.2, 0.25) is 5.91 Å². The molecule has 1 saturated heterocycles. The van der Waals surface area contributed by atoms with Crippen LogP contribution in [0.15, 0.2) is 30.3 Å². The van der Waals surface area contributed by atoms with Crippen molar-refractivity contribution in [3.05, 3.63) is 35.9 Å². The Bertz CT molecular complexity index is 609. The third kappa shape index (κ3) is 6.17. The molecular weight excluding hydrogens is 332 g/mol. The van der Waals surface area contributed by atoms with E-state index in [-0.39, 0.29) is 30.8 Å². The summed E-state index contributed by atoms with van der Waals surface area (Å²) in [5, 5.41) is 2.73. The maximum atomic E-state index is 12.4. The molecule has 0 bridgehead atoms. The van der Waals surface area contributed by atoms with Gasteiger partial charge in [-0.25, -0.2) is 4.79 Å². The Kier molecular flexibility index (Phi) is 7.63. The summed E-state index contributed by atoms with van der Waals surface area (Å²) in [5.41, 5.74) is 0.876. The molecule has 6 nitrogen and oxygen atoms in total. The molecule has 0 aliphatic carbocycles. The van der Waals surface area contributed by atoms with Crippen LogP contribution in [0.5, 0.6) is 0 Å². The minimum atomic E-state index is -0.764. The van der Waals surface area contributed by atoms with Crippen molar-refractivity contribution in [3.63, 3.8) is 0 Å². The largest absolute Gasteiger partial charge is 0.454 e. The number of ether oxygens (including phenoxy) is 1. The first kappa shape index (κ1) is 19.9. The number of hydrogen-bond donors (Lipinski definition) is 1. The molecule has 1 atom stereocenters. The lowest BCUT2D eigenvalue weighted by molar-refractivity contribution is -0.155. The number of hydrogen-bond acceptors (Lipinski definition) is 4. The number of piperidine rings is 1. The minimum absolute atomic E-state index is 0.132. The van der Waals surface area contributed by atoms with Crippen LogP contribution in [0.3, 0.4) is 0 Å². The Morgan fingerprint density at radius 3 is 2.35 bits per heavy atom. The van der Waals surface area contributed by atoms with Crippen LogP contribution in [-0.4, -0.2) is 48.4 Å². The Morgan fingerprint density at radius 1 is 1.08 bits per heavy atom. The fourth-order valence-electron chi connectivity index (χ4n) is 2.96. The van der Waals surface area contributed by atoms with Gasteiger partial charge in [0.1, 0.15) is 6.04 Å². The van der Waals surface area contributed by atoms with Gasteiger partial charge in [0, 0.05) is 13.1 Å². The predicted octanol–water partition coefficient (Wildman–Crippen LogP) is 1.93. The zero-order valence-electron chi connectivity index (χ0n) is 15.6. The number of amides is 2. The van der Waals surface area contributed by atoms with E-state index in [1.807, 2.05) is 44.2 Å². The van der Waals surface area contributed by atoms with Crippen molar-refractivity contribution in [1.29, 1.82) is 0 Å². The molecule has 1 aliphatic heterocycles. The third-order valence-electron chi connectivity index (χ3n) is 4.49. The highest BCUT2D eigenvalue weighted by atomic mass is 16.5. The van der Waals surface area contributed by atoms with Gasteiger partial charge in [-0.2, -0.15) is 0 Å². The molecule has 1 fully saturated rings. The average molecular weight is 360 g/mol. The van der Waals surface area contributed by atoms with Crippen molar-refractivity contribution in [3.8, 4) is 0 Å². The van der Waals surface area contributed by atoms with Gasteiger partial charge >= 0.3 is 5.97 Å². The van der Waals surface area contributed by atoms with Gasteiger partial charge in [0.15, 0.2) is 6.61 Å². The lowest BCUT2D eigenvalue weighted by Gasteiger charge is -2.27. The molecule has 0 unspecified atom stereocenters. The second-order valence-corrected chi connectivity index (χ2v) is 7.00. The quantitative estimate of drug-likeness (QED) is 0.754. The van der Waals surface area contributed by atoms with Gasteiger partial charge in [0.05, 0.1) is 6.42 Å². The zero-order chi connectivity index (χ0) is 18.9. The summed E-state index contributed by atoms with van der Waals surface area (Å²) in [5.74, 6) is -1.11. The summed E-state index contributed by atoms with van der Waals surface area (Å²) in [7, 11) is 0. The third-order valence-corrected chi connectivity index (χ3v) is 4.49. The number of nitrogens with zero attached hydrogens (tertiary/aromatic N) is 1. The summed E-state index contributed by atoms with van der Waals surface area (Å²) < 4.78 is 5.19. The molecule has 1 aromatic rings. The number of likely N-dealkylation sites (tertiary alicyclic amines) is 1. The van der Waals surface area contributed by atoms with Crippen molar-refractivity contribution >= 4 is 17.8 Å². The molecule has 0 saturated carbocycles. The van der Waals surface area contributed by atoms with E-state index in [1.54, 1.807) is 4.90 Å². The first-order chi connectivity index (χ1) is 12.5. The fourth-order valence-corrected chi connectivity index (χ4v) is 2.96. The monoisotopic (exact) mass is 360 g/mol. The summed E-state index contributed by atoms with van der Waals surface area (Å²) in [6.45, 7) is 4.84. The molecule has 2 rings (SSSR count). The molecule has 1 aromatic carbocycles. The van der Waals surface area contributed by atoms with Crippen molar-refractivity contribution in [1.82, 2.24) is 10.2 Å². The molecule has 6 heteroatoms. The summed E-state index contributed by atoms with van der Waals surface area (Å²) in [6, 6.07) is 8.57. The van der Waals surface area contributed by atoms with E-state index in [4.69, 9.17) is 4.74 Å². The van der Waals surface area contributed by atoms with E-state index in [0.29, 0.717) is 0 Å². The number of benzene rings is 1. The first-order valence-electron chi connectivity index (χ1n) is 9.25. The van der Waals surface area contributed by atoms with Crippen molar-refractivity contribution in [2.75, 3.05) is 19.7 Å². The van der Waals surface area contributed by atoms with Crippen LogP contribution in [-0.2, 0) is 25.5 Å². The number of carbonyl (C=O) groups is 3. The fraction of sp³-hybridized carbons (Fsp3) is 0.550. The number of carbonyl (C=O) groups excluding carboxylic acids is 3. The van der Waals surface area contributed by atoms with Crippen molar-refractivity contribution in [2.45, 2.75) is 45.6 Å². The Balaban J connectivity index is 1.84. The molecule has 0 aromatic heterocycles. The van der Waals surface area contributed by atoms with E-state index >= 15 is 0 Å². The predicted molar refractivity (Wildman–Crippen MR) is 98.3 cm³/mol. The van der Waals surface area contributed by atoms with Crippen LogP contribution in [0.2, 0.25) is 0 Å². The van der Waals surface area contributed by atoms with Gasteiger partial charge in [-0.1, -0.05) is 44.2 Å². The average Bonchev–Trinajstić information content (AvgIpc) is 2.65. The lowest BCUT2D eigenvalue weighted by Crippen LogP contribution is -2.47. The number of esters is 1. The van der Waals surface area contributed by atoms with Crippen LogP contribution < -0.4 is 5.32 Å². The zero-order valence-corrected chi connectivity index (χ0v) is 15.6. The summed E-state index contributed by atoms with van der Waals surface area (Å²) >= 11 is 0. The molecule has 26 heavy (non-hydrogen) atoms. The van der Waals surface area contributed by atoms with Gasteiger partial charge in [-0.05, 0) is 30.7 Å². The van der Waals surface area contributed by atoms with E-state index in [1.165, 1.54) is 0 Å². The van der Waals surface area contributed by atoms with Crippen LogP contribution in [0, 0.1) is 5.92 Å². The Hall–Kier alpha value is -2.37. The maximum absolute atomic E-state index is 12.4.